The molecule has 2 N–H and O–H groups in total. The van der Waals surface area contributed by atoms with Gasteiger partial charge in [-0.1, -0.05) is 65.7 Å². The second-order valence-corrected chi connectivity index (χ2v) is 15.7. The summed E-state index contributed by atoms with van der Waals surface area (Å²) in [5, 5.41) is 13.9. The smallest absolute Gasteiger partial charge is 0.326 e. The minimum absolute atomic E-state index is 0.00671. The van der Waals surface area contributed by atoms with Crippen molar-refractivity contribution in [3.8, 4) is 28.4 Å². The van der Waals surface area contributed by atoms with Crippen LogP contribution in [-0.2, 0) is 35.6 Å². The SMILES string of the molecule is Cc1ncoc1C(=O)N1Cc2cc3c(cc2C[C@H]1C(=O)N[C@@H](Cc1ccc(-c2ccnc(C)c2C)cc1)C(=O)O)OC[C@H](c1ccc(OCc2ccc(Cl)c(Cl)c2)cc1)O3. The van der Waals surface area contributed by atoms with Crippen LogP contribution < -0.4 is 19.5 Å². The molecule has 0 spiro atoms. The maximum absolute atomic E-state index is 14.1. The highest BCUT2D eigenvalue weighted by Gasteiger charge is 2.39. The number of nitrogens with one attached hydrogen (secondary N) is 1. The van der Waals surface area contributed by atoms with Gasteiger partial charge in [0.15, 0.2) is 24.0 Å². The monoisotopic (exact) mass is 846 g/mol. The van der Waals surface area contributed by atoms with Crippen molar-refractivity contribution >= 4 is 41.0 Å². The van der Waals surface area contributed by atoms with Crippen LogP contribution >= 0.6 is 23.2 Å². The number of nitrogens with zero attached hydrogens (tertiary/aromatic N) is 3. The molecule has 3 atom stereocenters. The summed E-state index contributed by atoms with van der Waals surface area (Å²) in [6.45, 7) is 6.17. The van der Waals surface area contributed by atoms with Crippen LogP contribution in [0.3, 0.4) is 0 Å². The number of oxazole rings is 1. The third-order valence-electron chi connectivity index (χ3n) is 11.0. The van der Waals surface area contributed by atoms with Crippen molar-refractivity contribution < 1.29 is 38.1 Å². The largest absolute Gasteiger partial charge is 0.489 e. The van der Waals surface area contributed by atoms with Gasteiger partial charge < -0.3 is 34.0 Å². The zero-order valence-electron chi connectivity index (χ0n) is 32.9. The molecule has 4 aromatic carbocycles. The van der Waals surface area contributed by atoms with Crippen LogP contribution in [0.4, 0.5) is 0 Å². The number of aromatic nitrogens is 2. The van der Waals surface area contributed by atoms with Gasteiger partial charge in [0.25, 0.3) is 5.91 Å². The van der Waals surface area contributed by atoms with E-state index >= 15 is 0 Å². The van der Waals surface area contributed by atoms with Crippen LogP contribution in [0, 0.1) is 20.8 Å². The number of hydrogen-bond acceptors (Lipinski definition) is 9. The molecule has 14 heteroatoms. The van der Waals surface area contributed by atoms with Gasteiger partial charge in [0.05, 0.1) is 15.7 Å². The third-order valence-corrected chi connectivity index (χ3v) is 11.7. The lowest BCUT2D eigenvalue weighted by Gasteiger charge is -2.37. The molecular weight excluding hydrogens is 807 g/mol. The van der Waals surface area contributed by atoms with E-state index in [0.717, 1.165) is 50.2 Å². The van der Waals surface area contributed by atoms with Crippen LogP contribution in [0.15, 0.2) is 102 Å². The fourth-order valence-corrected chi connectivity index (χ4v) is 7.77. The summed E-state index contributed by atoms with van der Waals surface area (Å²) in [5.41, 5.74) is 8.35. The van der Waals surface area contributed by atoms with E-state index in [2.05, 4.69) is 15.3 Å². The van der Waals surface area contributed by atoms with Crippen molar-refractivity contribution in [3.63, 3.8) is 0 Å². The number of hydrogen-bond donors (Lipinski definition) is 2. The average molecular weight is 848 g/mol. The van der Waals surface area contributed by atoms with Crippen molar-refractivity contribution in [2.24, 2.45) is 0 Å². The second-order valence-electron chi connectivity index (χ2n) is 14.9. The second kappa shape index (κ2) is 17.1. The van der Waals surface area contributed by atoms with E-state index in [1.54, 1.807) is 25.3 Å². The molecule has 2 aliphatic rings. The molecule has 0 saturated carbocycles. The van der Waals surface area contributed by atoms with Gasteiger partial charge in [0, 0.05) is 31.3 Å². The number of fused-ring (bicyclic) bond motifs is 2. The quantitative estimate of drug-likeness (QED) is 0.130. The molecule has 0 unspecified atom stereocenters. The first-order valence-electron chi connectivity index (χ1n) is 19.3. The van der Waals surface area contributed by atoms with E-state index in [9.17, 15) is 19.5 Å². The molecule has 0 fully saturated rings. The van der Waals surface area contributed by atoms with Gasteiger partial charge >= 0.3 is 5.97 Å². The number of carbonyl (C=O) groups is 3. The number of aliphatic carboxylic acids is 1. The van der Waals surface area contributed by atoms with E-state index in [4.69, 9.17) is 41.8 Å². The molecule has 4 heterocycles. The highest BCUT2D eigenvalue weighted by atomic mass is 35.5. The van der Waals surface area contributed by atoms with Gasteiger partial charge in [-0.3, -0.25) is 14.6 Å². The average Bonchev–Trinajstić information content (AvgIpc) is 3.69. The molecule has 0 aliphatic carbocycles. The first-order valence-corrected chi connectivity index (χ1v) is 20.0. The number of halogens is 2. The summed E-state index contributed by atoms with van der Waals surface area (Å²) in [4.78, 5) is 50.6. The molecule has 0 bridgehead atoms. The van der Waals surface area contributed by atoms with Crippen LogP contribution in [0.5, 0.6) is 17.2 Å². The predicted molar refractivity (Wildman–Crippen MR) is 224 cm³/mol. The van der Waals surface area contributed by atoms with Gasteiger partial charge in [0.2, 0.25) is 11.7 Å². The molecule has 2 amide bonds. The zero-order valence-corrected chi connectivity index (χ0v) is 34.4. The molecular formula is C46H40Cl2N4O8. The van der Waals surface area contributed by atoms with E-state index in [1.807, 2.05) is 86.6 Å². The van der Waals surface area contributed by atoms with E-state index in [1.165, 1.54) is 11.3 Å². The highest BCUT2D eigenvalue weighted by Crippen LogP contribution is 2.41. The Bertz CT molecular complexity index is 2600. The first kappa shape index (κ1) is 40.4. The molecule has 60 heavy (non-hydrogen) atoms. The molecule has 8 rings (SSSR count). The predicted octanol–water partition coefficient (Wildman–Crippen LogP) is 8.44. The van der Waals surface area contributed by atoms with Crippen molar-refractivity contribution in [2.45, 2.75) is 65.0 Å². The Balaban J connectivity index is 0.982. The molecule has 306 valence electrons. The van der Waals surface area contributed by atoms with Crippen molar-refractivity contribution in [2.75, 3.05) is 6.61 Å². The number of carbonyl (C=O) groups excluding carboxylic acids is 2. The highest BCUT2D eigenvalue weighted by molar-refractivity contribution is 6.42. The fraction of sp³-hybridized carbons (Fsp3) is 0.239. The maximum atomic E-state index is 14.1. The summed E-state index contributed by atoms with van der Waals surface area (Å²) in [7, 11) is 0. The van der Waals surface area contributed by atoms with Crippen LogP contribution in [0.2, 0.25) is 10.0 Å². The normalized spacial score (nSPS) is 16.1. The first-order chi connectivity index (χ1) is 28.9. The van der Waals surface area contributed by atoms with Crippen molar-refractivity contribution in [1.29, 1.82) is 0 Å². The minimum Gasteiger partial charge on any atom is -0.489 e. The molecule has 12 nitrogen and oxygen atoms in total. The Morgan fingerprint density at radius 1 is 0.883 bits per heavy atom. The topological polar surface area (TPSA) is 153 Å². The van der Waals surface area contributed by atoms with Gasteiger partial charge in [-0.2, -0.15) is 0 Å². The lowest BCUT2D eigenvalue weighted by atomic mass is 9.91. The maximum Gasteiger partial charge on any atom is 0.326 e. The van der Waals surface area contributed by atoms with Crippen LogP contribution in [0.1, 0.15) is 61.4 Å². The number of aryl methyl sites for hydroxylation is 2. The fourth-order valence-electron chi connectivity index (χ4n) is 7.45. The van der Waals surface area contributed by atoms with Crippen LogP contribution in [0.25, 0.3) is 11.1 Å². The molecule has 2 aliphatic heterocycles. The van der Waals surface area contributed by atoms with Crippen molar-refractivity contribution in [1.82, 2.24) is 20.2 Å². The number of amides is 2. The number of carboxylic acids is 1. The Hall–Kier alpha value is -6.37. The molecule has 0 saturated heterocycles. The van der Waals surface area contributed by atoms with Crippen LogP contribution in [-0.4, -0.2) is 56.4 Å². The lowest BCUT2D eigenvalue weighted by molar-refractivity contribution is -0.142. The summed E-state index contributed by atoms with van der Waals surface area (Å²) >= 11 is 12.2. The number of benzene rings is 4. The standard InChI is InChI=1S/C46H40Cl2N4O8/c1-25-26(2)49-15-14-35(25)30-7-4-28(5-8-30)17-38(46(55)56)51-44(53)39-18-32-19-40-41(20-33(32)21-52(39)45(54)43-27(3)50-24-59-43)60-42(23-58-40)31-9-11-34(12-10-31)57-22-29-6-13-36(47)37(48)16-29/h4-16,19-20,24,38-39,42H,17-18,21-23H2,1-3H3,(H,51,53)(H,55,56)/t38-,39-,42+/m0/s1. The number of carboxylic acid groups (broad SMARTS) is 1. The Kier molecular flexibility index (Phi) is 11.5. The van der Waals surface area contributed by atoms with Crippen molar-refractivity contribution in [3.05, 3.63) is 158 Å². The minimum atomic E-state index is -1.26. The number of ether oxygens (including phenoxy) is 3. The zero-order chi connectivity index (χ0) is 42.1. The summed E-state index contributed by atoms with van der Waals surface area (Å²) < 4.78 is 24.1. The Labute approximate surface area is 356 Å². The number of pyridine rings is 1. The van der Waals surface area contributed by atoms with E-state index in [-0.39, 0.29) is 31.8 Å². The van der Waals surface area contributed by atoms with E-state index < -0.39 is 36.0 Å². The van der Waals surface area contributed by atoms with Gasteiger partial charge in [-0.05, 0) is 108 Å². The molecule has 0 radical (unpaired) electrons. The van der Waals surface area contributed by atoms with Gasteiger partial charge in [0.1, 0.15) is 31.0 Å². The summed E-state index contributed by atoms with van der Waals surface area (Å²) in [5.74, 6) is -0.716. The van der Waals surface area contributed by atoms with E-state index in [0.29, 0.717) is 39.6 Å². The Morgan fingerprint density at radius 3 is 2.35 bits per heavy atom. The summed E-state index contributed by atoms with van der Waals surface area (Å²) in [6.07, 6.45) is 2.63. The third kappa shape index (κ3) is 8.52. The lowest BCUT2D eigenvalue weighted by Crippen LogP contribution is -2.56. The Morgan fingerprint density at radius 2 is 1.63 bits per heavy atom. The van der Waals surface area contributed by atoms with Gasteiger partial charge in [-0.25, -0.2) is 9.78 Å². The van der Waals surface area contributed by atoms with Gasteiger partial charge in [-0.15, -0.1) is 0 Å². The molecule has 2 aromatic heterocycles. The number of rotatable bonds is 11. The summed E-state index contributed by atoms with van der Waals surface area (Å²) in [6, 6.07) is 23.7. The molecule has 6 aromatic rings.